The molecule has 5 rings (SSSR count). The summed E-state index contributed by atoms with van der Waals surface area (Å²) >= 11 is 0. The monoisotopic (exact) mass is 478 g/mol. The van der Waals surface area contributed by atoms with Crippen molar-refractivity contribution in [3.8, 4) is 11.8 Å². The summed E-state index contributed by atoms with van der Waals surface area (Å²) in [6, 6.07) is 2.34. The first-order valence-corrected chi connectivity index (χ1v) is 12.6. The summed E-state index contributed by atoms with van der Waals surface area (Å²) in [4.78, 5) is 33.2. The fraction of sp³-hybridized carbons (Fsp3) is 0.615. The number of likely N-dealkylation sites (tertiary alicyclic amines) is 2. The number of hydrogen-bond acceptors (Lipinski definition) is 6. The van der Waals surface area contributed by atoms with Gasteiger partial charge in [0.1, 0.15) is 11.9 Å². The lowest BCUT2D eigenvalue weighted by molar-refractivity contribution is -0.124. The van der Waals surface area contributed by atoms with Gasteiger partial charge in [0.25, 0.3) is 5.91 Å². The van der Waals surface area contributed by atoms with Crippen LogP contribution in [0, 0.1) is 30.6 Å². The van der Waals surface area contributed by atoms with Gasteiger partial charge in [0.2, 0.25) is 0 Å². The van der Waals surface area contributed by atoms with Gasteiger partial charge >= 0.3 is 6.09 Å². The first-order chi connectivity index (χ1) is 16.8. The zero-order valence-corrected chi connectivity index (χ0v) is 21.0. The van der Waals surface area contributed by atoms with Crippen molar-refractivity contribution in [3.63, 3.8) is 0 Å². The topological polar surface area (TPSA) is 92.1 Å². The molecule has 2 aromatic rings. The zero-order valence-electron chi connectivity index (χ0n) is 21.0. The van der Waals surface area contributed by atoms with Crippen LogP contribution >= 0.6 is 0 Å². The van der Waals surface area contributed by atoms with Crippen molar-refractivity contribution in [1.82, 2.24) is 24.4 Å². The van der Waals surface area contributed by atoms with E-state index in [0.29, 0.717) is 50.4 Å². The number of rotatable bonds is 4. The Hall–Kier alpha value is -3.28. The van der Waals surface area contributed by atoms with Crippen molar-refractivity contribution in [2.24, 2.45) is 11.8 Å². The van der Waals surface area contributed by atoms with E-state index < -0.39 is 0 Å². The van der Waals surface area contributed by atoms with Crippen LogP contribution in [-0.2, 0) is 9.53 Å². The van der Waals surface area contributed by atoms with E-state index in [1.54, 1.807) is 11.8 Å². The van der Waals surface area contributed by atoms with Crippen LogP contribution < -0.4 is 5.32 Å². The SMILES string of the molecule is CC#CC(=O)N1CCC(OC(=O)N2CC3CCC(C2)C3Nc2cc(C)nc3c(C(C)C)cnn23)C1. The highest BCUT2D eigenvalue weighted by Crippen LogP contribution is 2.39. The summed E-state index contributed by atoms with van der Waals surface area (Å²) < 4.78 is 7.70. The van der Waals surface area contributed by atoms with Crippen LogP contribution in [0.25, 0.3) is 5.65 Å². The number of ether oxygens (including phenoxy) is 1. The molecule has 3 unspecified atom stereocenters. The van der Waals surface area contributed by atoms with Gasteiger partial charge < -0.3 is 19.9 Å². The normalized spacial score (nSPS) is 25.6. The predicted octanol–water partition coefficient (Wildman–Crippen LogP) is 3.04. The Kier molecular flexibility index (Phi) is 6.30. The highest BCUT2D eigenvalue weighted by molar-refractivity contribution is 5.93. The van der Waals surface area contributed by atoms with Crippen LogP contribution in [0.15, 0.2) is 12.3 Å². The number of anilines is 1. The van der Waals surface area contributed by atoms with E-state index in [-0.39, 0.29) is 24.1 Å². The van der Waals surface area contributed by atoms with Crippen LogP contribution in [0.2, 0.25) is 0 Å². The quantitative estimate of drug-likeness (QED) is 0.679. The van der Waals surface area contributed by atoms with Gasteiger partial charge in [-0.3, -0.25) is 4.79 Å². The van der Waals surface area contributed by atoms with E-state index in [0.717, 1.165) is 35.6 Å². The number of hydrogen-bond donors (Lipinski definition) is 1. The van der Waals surface area contributed by atoms with E-state index in [1.165, 1.54) is 0 Å². The maximum Gasteiger partial charge on any atom is 0.410 e. The van der Waals surface area contributed by atoms with E-state index in [1.807, 2.05) is 22.5 Å². The van der Waals surface area contributed by atoms with E-state index in [2.05, 4.69) is 42.2 Å². The molecule has 1 saturated carbocycles. The lowest BCUT2D eigenvalue weighted by Gasteiger charge is -2.38. The molecule has 9 nitrogen and oxygen atoms in total. The Morgan fingerprint density at radius 2 is 1.89 bits per heavy atom. The molecular weight excluding hydrogens is 444 g/mol. The molecule has 3 aliphatic rings. The standard InChI is InChI=1S/C26H34N6O3/c1-5-6-23(33)30-10-9-20(15-30)35-26(34)31-13-18-7-8-19(14-31)24(18)29-22-11-17(4)28-25-21(16(2)3)12-27-32(22)25/h11-12,16,18-20,24,29H,7-10,13-15H2,1-4H3. The number of nitrogens with zero attached hydrogens (tertiary/aromatic N) is 5. The van der Waals surface area contributed by atoms with Crippen molar-refractivity contribution < 1.29 is 14.3 Å². The van der Waals surface area contributed by atoms with Crippen molar-refractivity contribution in [2.75, 3.05) is 31.5 Å². The smallest absolute Gasteiger partial charge is 0.410 e. The van der Waals surface area contributed by atoms with E-state index in [4.69, 9.17) is 9.72 Å². The van der Waals surface area contributed by atoms with Crippen LogP contribution in [0.3, 0.4) is 0 Å². The zero-order chi connectivity index (χ0) is 24.7. The molecule has 0 radical (unpaired) electrons. The van der Waals surface area contributed by atoms with Gasteiger partial charge in [-0.2, -0.15) is 9.61 Å². The van der Waals surface area contributed by atoms with Gasteiger partial charge in [-0.15, -0.1) is 0 Å². The number of nitrogens with one attached hydrogen (secondary N) is 1. The molecule has 2 amide bonds. The number of carbonyl (C=O) groups excluding carboxylic acids is 2. The van der Waals surface area contributed by atoms with Gasteiger partial charge in [0, 0.05) is 49.4 Å². The second kappa shape index (κ2) is 9.40. The maximum absolute atomic E-state index is 13.0. The number of aryl methyl sites for hydroxylation is 1. The maximum atomic E-state index is 13.0. The molecular formula is C26H34N6O3. The van der Waals surface area contributed by atoms with Crippen LogP contribution in [-0.4, -0.2) is 74.7 Å². The van der Waals surface area contributed by atoms with Crippen LogP contribution in [0.4, 0.5) is 10.6 Å². The van der Waals surface area contributed by atoms with E-state index >= 15 is 0 Å². The molecule has 35 heavy (non-hydrogen) atoms. The second-order valence-corrected chi connectivity index (χ2v) is 10.4. The third-order valence-corrected chi connectivity index (χ3v) is 7.59. The highest BCUT2D eigenvalue weighted by atomic mass is 16.6. The molecule has 1 aliphatic carbocycles. The molecule has 2 aliphatic heterocycles. The summed E-state index contributed by atoms with van der Waals surface area (Å²) in [6.07, 6.45) is 4.21. The molecule has 0 aromatic carbocycles. The van der Waals surface area contributed by atoms with E-state index in [9.17, 15) is 9.59 Å². The Bertz CT molecular complexity index is 1180. The minimum Gasteiger partial charge on any atom is -0.444 e. The average molecular weight is 479 g/mol. The molecule has 0 spiro atoms. The summed E-state index contributed by atoms with van der Waals surface area (Å²) in [6.45, 7) is 10.3. The van der Waals surface area contributed by atoms with Crippen molar-refractivity contribution >= 4 is 23.5 Å². The van der Waals surface area contributed by atoms with Crippen molar-refractivity contribution in [1.29, 1.82) is 0 Å². The molecule has 4 heterocycles. The first-order valence-electron chi connectivity index (χ1n) is 12.6. The van der Waals surface area contributed by atoms with Gasteiger partial charge in [-0.1, -0.05) is 19.8 Å². The number of carbonyl (C=O) groups is 2. The third kappa shape index (κ3) is 4.54. The Labute approximate surface area is 206 Å². The Morgan fingerprint density at radius 3 is 2.57 bits per heavy atom. The molecule has 2 bridgehead atoms. The number of fused-ring (bicyclic) bond motifs is 3. The highest BCUT2D eigenvalue weighted by Gasteiger charge is 2.44. The molecule has 9 heteroatoms. The van der Waals surface area contributed by atoms with Gasteiger partial charge in [0.15, 0.2) is 5.65 Å². The summed E-state index contributed by atoms with van der Waals surface area (Å²) in [5.41, 5.74) is 3.01. The Morgan fingerprint density at radius 1 is 1.14 bits per heavy atom. The fourth-order valence-corrected chi connectivity index (χ4v) is 5.80. The fourth-order valence-electron chi connectivity index (χ4n) is 5.80. The minimum atomic E-state index is -0.267. The van der Waals surface area contributed by atoms with Crippen molar-refractivity contribution in [3.05, 3.63) is 23.5 Å². The minimum absolute atomic E-state index is 0.200. The van der Waals surface area contributed by atoms with Gasteiger partial charge in [0.05, 0.1) is 12.7 Å². The lowest BCUT2D eigenvalue weighted by atomic mass is 9.92. The number of aromatic nitrogens is 3. The predicted molar refractivity (Wildman–Crippen MR) is 132 cm³/mol. The second-order valence-electron chi connectivity index (χ2n) is 10.4. The van der Waals surface area contributed by atoms with Crippen LogP contribution in [0.5, 0.6) is 0 Å². The first kappa shape index (κ1) is 23.5. The van der Waals surface area contributed by atoms with Crippen LogP contribution in [0.1, 0.15) is 57.2 Å². The molecule has 3 atom stereocenters. The van der Waals surface area contributed by atoms with Crippen molar-refractivity contribution in [2.45, 2.75) is 65.0 Å². The Balaban J connectivity index is 1.23. The van der Waals surface area contributed by atoms with Gasteiger partial charge in [-0.25, -0.2) is 9.78 Å². The van der Waals surface area contributed by atoms with Gasteiger partial charge in [-0.05, 0) is 50.4 Å². The summed E-state index contributed by atoms with van der Waals surface area (Å²) in [5.74, 6) is 7.02. The third-order valence-electron chi connectivity index (χ3n) is 7.59. The summed E-state index contributed by atoms with van der Waals surface area (Å²) in [5, 5.41) is 8.38. The summed E-state index contributed by atoms with van der Waals surface area (Å²) in [7, 11) is 0. The molecule has 1 N–H and O–H groups in total. The average Bonchev–Trinajstić information content (AvgIpc) is 3.50. The number of amides is 2. The largest absolute Gasteiger partial charge is 0.444 e. The molecule has 2 aromatic heterocycles. The molecule has 186 valence electrons. The molecule has 3 fully saturated rings. The lowest BCUT2D eigenvalue weighted by Crippen LogP contribution is -2.51. The molecule has 2 saturated heterocycles. The number of piperidine rings is 1.